The zero-order valence-electron chi connectivity index (χ0n) is 18.4. The largest absolute Gasteiger partial charge is 0.497 e. The molecule has 6 nitrogen and oxygen atoms in total. The molecule has 0 spiro atoms. The van der Waals surface area contributed by atoms with Gasteiger partial charge in [-0.05, 0) is 55.0 Å². The maximum Gasteiger partial charge on any atom is 0.223 e. The summed E-state index contributed by atoms with van der Waals surface area (Å²) in [5.41, 5.74) is 4.04. The van der Waals surface area contributed by atoms with E-state index < -0.39 is 0 Å². The number of fused-ring (bicyclic) bond motifs is 1. The predicted molar refractivity (Wildman–Crippen MR) is 129 cm³/mol. The SMILES string of the molecule is COc1ccc(-c2cn3c(CCC(=O)N4CCN(c5ccc(F)cc5)CC4)csc3n2)cc1. The molecule has 8 heteroatoms. The molecule has 4 aromatic rings. The molecule has 1 aliphatic rings. The summed E-state index contributed by atoms with van der Waals surface area (Å²) in [7, 11) is 1.65. The summed E-state index contributed by atoms with van der Waals surface area (Å²) in [6, 6.07) is 14.4. The summed E-state index contributed by atoms with van der Waals surface area (Å²) in [6.45, 7) is 2.88. The minimum atomic E-state index is -0.232. The number of aryl methyl sites for hydroxylation is 1. The molecule has 170 valence electrons. The second-order valence-corrected chi connectivity index (χ2v) is 8.92. The summed E-state index contributed by atoms with van der Waals surface area (Å²) in [6.07, 6.45) is 3.18. The lowest BCUT2D eigenvalue weighted by Crippen LogP contribution is -2.48. The van der Waals surface area contributed by atoms with Crippen LogP contribution in [0.1, 0.15) is 12.1 Å². The van der Waals surface area contributed by atoms with Gasteiger partial charge in [0.05, 0.1) is 12.8 Å². The third-order valence-electron chi connectivity index (χ3n) is 6.09. The van der Waals surface area contributed by atoms with Gasteiger partial charge in [0.1, 0.15) is 11.6 Å². The van der Waals surface area contributed by atoms with Crippen LogP contribution in [-0.2, 0) is 11.2 Å². The quantitative estimate of drug-likeness (QED) is 0.422. The van der Waals surface area contributed by atoms with E-state index in [1.54, 1.807) is 30.6 Å². The molecular formula is C25H25FN4O2S. The highest BCUT2D eigenvalue weighted by atomic mass is 32.1. The topological polar surface area (TPSA) is 50.1 Å². The van der Waals surface area contributed by atoms with E-state index in [1.807, 2.05) is 35.4 Å². The van der Waals surface area contributed by atoms with Gasteiger partial charge < -0.3 is 14.5 Å². The molecule has 3 heterocycles. The van der Waals surface area contributed by atoms with Gasteiger partial charge in [0.2, 0.25) is 5.91 Å². The lowest BCUT2D eigenvalue weighted by molar-refractivity contribution is -0.131. The van der Waals surface area contributed by atoms with Crippen molar-refractivity contribution in [3.63, 3.8) is 0 Å². The number of ether oxygens (including phenoxy) is 1. The number of benzene rings is 2. The van der Waals surface area contributed by atoms with E-state index in [4.69, 9.17) is 9.72 Å². The highest BCUT2D eigenvalue weighted by Gasteiger charge is 2.21. The van der Waals surface area contributed by atoms with Crippen LogP contribution in [-0.4, -0.2) is 53.5 Å². The maximum absolute atomic E-state index is 13.2. The molecule has 1 fully saturated rings. The summed E-state index contributed by atoms with van der Waals surface area (Å²) in [5, 5.41) is 2.08. The monoisotopic (exact) mass is 464 g/mol. The number of carbonyl (C=O) groups excluding carboxylic acids is 1. The number of rotatable bonds is 6. The molecule has 0 atom stereocenters. The molecule has 2 aromatic heterocycles. The molecule has 0 bridgehead atoms. The van der Waals surface area contributed by atoms with Crippen molar-refractivity contribution >= 4 is 27.9 Å². The molecule has 2 aromatic carbocycles. The Labute approximate surface area is 195 Å². The summed E-state index contributed by atoms with van der Waals surface area (Å²) < 4.78 is 20.5. The number of hydrogen-bond donors (Lipinski definition) is 0. The fraction of sp³-hybridized carbons (Fsp3) is 0.280. The van der Waals surface area contributed by atoms with Crippen LogP contribution in [0.25, 0.3) is 16.2 Å². The van der Waals surface area contributed by atoms with Gasteiger partial charge in [0.15, 0.2) is 4.96 Å². The van der Waals surface area contributed by atoms with E-state index in [0.29, 0.717) is 25.9 Å². The Kier molecular flexibility index (Phi) is 6.00. The molecule has 0 N–H and O–H groups in total. The number of aromatic nitrogens is 2. The highest BCUT2D eigenvalue weighted by Crippen LogP contribution is 2.26. The van der Waals surface area contributed by atoms with Crippen LogP contribution >= 0.6 is 11.3 Å². The third kappa shape index (κ3) is 4.57. The summed E-state index contributed by atoms with van der Waals surface area (Å²) in [5.74, 6) is 0.755. The third-order valence-corrected chi connectivity index (χ3v) is 6.98. The Morgan fingerprint density at radius 2 is 1.79 bits per heavy atom. The normalized spacial score (nSPS) is 14.1. The van der Waals surface area contributed by atoms with Crippen molar-refractivity contribution in [2.75, 3.05) is 38.2 Å². The van der Waals surface area contributed by atoms with Gasteiger partial charge in [-0.3, -0.25) is 9.20 Å². The second-order valence-electron chi connectivity index (χ2n) is 8.08. The molecular weight excluding hydrogens is 439 g/mol. The van der Waals surface area contributed by atoms with E-state index in [0.717, 1.165) is 46.4 Å². The van der Waals surface area contributed by atoms with Crippen LogP contribution in [0.4, 0.5) is 10.1 Å². The average molecular weight is 465 g/mol. The first-order valence-electron chi connectivity index (χ1n) is 11.0. The Bertz CT molecular complexity index is 1240. The number of imidazole rings is 1. The number of nitrogens with zero attached hydrogens (tertiary/aromatic N) is 4. The van der Waals surface area contributed by atoms with Crippen LogP contribution in [0.15, 0.2) is 60.1 Å². The van der Waals surface area contributed by atoms with Gasteiger partial charge in [-0.15, -0.1) is 11.3 Å². The number of anilines is 1. The molecule has 1 aliphatic heterocycles. The van der Waals surface area contributed by atoms with Crippen molar-refractivity contribution in [1.82, 2.24) is 14.3 Å². The van der Waals surface area contributed by atoms with Crippen molar-refractivity contribution in [3.05, 3.63) is 71.6 Å². The zero-order valence-corrected chi connectivity index (χ0v) is 19.2. The lowest BCUT2D eigenvalue weighted by Gasteiger charge is -2.36. The number of amides is 1. The van der Waals surface area contributed by atoms with E-state index in [-0.39, 0.29) is 11.7 Å². The predicted octanol–water partition coefficient (Wildman–Crippen LogP) is 4.49. The average Bonchev–Trinajstić information content (AvgIpc) is 3.44. The van der Waals surface area contributed by atoms with Gasteiger partial charge in [0, 0.05) is 61.1 Å². The van der Waals surface area contributed by atoms with E-state index in [1.165, 1.54) is 12.1 Å². The van der Waals surface area contributed by atoms with Crippen LogP contribution in [0.5, 0.6) is 5.75 Å². The molecule has 0 aliphatic carbocycles. The highest BCUT2D eigenvalue weighted by molar-refractivity contribution is 7.15. The van der Waals surface area contributed by atoms with E-state index in [2.05, 4.69) is 14.7 Å². The molecule has 0 saturated carbocycles. The first-order valence-corrected chi connectivity index (χ1v) is 11.9. The fourth-order valence-corrected chi connectivity index (χ4v) is 5.08. The number of piperazine rings is 1. The lowest BCUT2D eigenvalue weighted by atomic mass is 10.1. The van der Waals surface area contributed by atoms with Crippen LogP contribution in [0.2, 0.25) is 0 Å². The molecule has 0 unspecified atom stereocenters. The first kappa shape index (κ1) is 21.5. The Morgan fingerprint density at radius 1 is 1.06 bits per heavy atom. The van der Waals surface area contributed by atoms with Crippen molar-refractivity contribution in [3.8, 4) is 17.0 Å². The van der Waals surface area contributed by atoms with Gasteiger partial charge in [-0.2, -0.15) is 0 Å². The number of methoxy groups -OCH3 is 1. The van der Waals surface area contributed by atoms with E-state index in [9.17, 15) is 9.18 Å². The first-order chi connectivity index (χ1) is 16.1. The van der Waals surface area contributed by atoms with E-state index >= 15 is 0 Å². The molecule has 1 saturated heterocycles. The van der Waals surface area contributed by atoms with Gasteiger partial charge in [-0.1, -0.05) is 0 Å². The standard InChI is InChI=1S/C25H25FN4O2S/c1-32-22-9-2-18(3-10-22)23-16-30-21(17-33-25(30)27-23)8-11-24(31)29-14-12-28(13-15-29)20-6-4-19(26)5-7-20/h2-7,9-10,16-17H,8,11-15H2,1H3. The summed E-state index contributed by atoms with van der Waals surface area (Å²) >= 11 is 1.59. The van der Waals surface area contributed by atoms with Crippen molar-refractivity contribution < 1.29 is 13.9 Å². The minimum Gasteiger partial charge on any atom is -0.497 e. The maximum atomic E-state index is 13.2. The number of halogens is 1. The van der Waals surface area contributed by atoms with Gasteiger partial charge in [0.25, 0.3) is 0 Å². The molecule has 0 radical (unpaired) electrons. The van der Waals surface area contributed by atoms with Crippen LogP contribution < -0.4 is 9.64 Å². The van der Waals surface area contributed by atoms with Crippen LogP contribution in [0.3, 0.4) is 0 Å². The number of hydrogen-bond acceptors (Lipinski definition) is 5. The van der Waals surface area contributed by atoms with Gasteiger partial charge in [-0.25, -0.2) is 9.37 Å². The minimum absolute atomic E-state index is 0.170. The second kappa shape index (κ2) is 9.23. The van der Waals surface area contributed by atoms with Crippen molar-refractivity contribution in [2.24, 2.45) is 0 Å². The van der Waals surface area contributed by atoms with Crippen LogP contribution in [0, 0.1) is 5.82 Å². The van der Waals surface area contributed by atoms with Crippen molar-refractivity contribution in [1.29, 1.82) is 0 Å². The number of carbonyl (C=O) groups is 1. The Hall–Kier alpha value is -3.39. The molecule has 33 heavy (non-hydrogen) atoms. The van der Waals surface area contributed by atoms with Gasteiger partial charge >= 0.3 is 0 Å². The molecule has 5 rings (SSSR count). The zero-order chi connectivity index (χ0) is 22.8. The Balaban J connectivity index is 1.19. The number of thiazole rings is 1. The molecule has 1 amide bonds. The fourth-order valence-electron chi connectivity index (χ4n) is 4.17. The Morgan fingerprint density at radius 3 is 2.48 bits per heavy atom. The van der Waals surface area contributed by atoms with Crippen molar-refractivity contribution in [2.45, 2.75) is 12.8 Å². The summed E-state index contributed by atoms with van der Waals surface area (Å²) in [4.78, 5) is 22.6. The smallest absolute Gasteiger partial charge is 0.223 e.